The monoisotopic (exact) mass is 281 g/mol. The third-order valence-corrected chi connectivity index (χ3v) is 3.25. The van der Waals surface area contributed by atoms with Gasteiger partial charge in [0.25, 0.3) is 5.91 Å². The zero-order chi connectivity index (χ0) is 14.7. The molecular formula is C16H15N3O2. The van der Waals surface area contributed by atoms with E-state index in [4.69, 9.17) is 4.52 Å². The number of likely N-dealkylation sites (N-methyl/N-ethyl adjacent to an activating group) is 1. The molecule has 2 heterocycles. The minimum atomic E-state index is -0.201. The van der Waals surface area contributed by atoms with Gasteiger partial charge in [0.15, 0.2) is 0 Å². The van der Waals surface area contributed by atoms with Crippen LogP contribution < -0.4 is 5.32 Å². The molecule has 5 nitrogen and oxygen atoms in total. The van der Waals surface area contributed by atoms with Crippen LogP contribution in [0.3, 0.4) is 0 Å². The van der Waals surface area contributed by atoms with Gasteiger partial charge in [-0.25, -0.2) is 0 Å². The molecule has 1 N–H and O–H groups in total. The molecule has 0 unspecified atom stereocenters. The van der Waals surface area contributed by atoms with Crippen molar-refractivity contribution in [2.45, 2.75) is 0 Å². The summed E-state index contributed by atoms with van der Waals surface area (Å²) in [6.07, 6.45) is 7.11. The Morgan fingerprint density at radius 2 is 2.14 bits per heavy atom. The molecule has 1 aliphatic rings. The van der Waals surface area contributed by atoms with Gasteiger partial charge in [-0.15, -0.1) is 0 Å². The predicted molar refractivity (Wildman–Crippen MR) is 80.4 cm³/mol. The van der Waals surface area contributed by atoms with E-state index in [0.29, 0.717) is 18.0 Å². The molecular weight excluding hydrogens is 266 g/mol. The van der Waals surface area contributed by atoms with Crippen LogP contribution in [0.25, 0.3) is 11.1 Å². The molecule has 0 saturated carbocycles. The smallest absolute Gasteiger partial charge is 0.257 e. The molecule has 0 radical (unpaired) electrons. The van der Waals surface area contributed by atoms with E-state index in [9.17, 15) is 4.79 Å². The molecule has 0 fully saturated rings. The third-order valence-electron chi connectivity index (χ3n) is 3.25. The topological polar surface area (TPSA) is 58.4 Å². The molecule has 3 rings (SSSR count). The first-order valence-electron chi connectivity index (χ1n) is 6.64. The highest BCUT2D eigenvalue weighted by Crippen LogP contribution is 2.27. The van der Waals surface area contributed by atoms with E-state index in [1.165, 1.54) is 0 Å². The summed E-state index contributed by atoms with van der Waals surface area (Å²) in [7, 11) is 1.95. The average Bonchev–Trinajstić information content (AvgIpc) is 2.97. The van der Waals surface area contributed by atoms with Gasteiger partial charge in [-0.2, -0.15) is 0 Å². The first-order valence-corrected chi connectivity index (χ1v) is 6.64. The maximum absolute atomic E-state index is 12.2. The van der Waals surface area contributed by atoms with Gasteiger partial charge in [0.1, 0.15) is 0 Å². The van der Waals surface area contributed by atoms with Crippen molar-refractivity contribution >= 4 is 11.8 Å². The van der Waals surface area contributed by atoms with Crippen LogP contribution in [0.1, 0.15) is 0 Å². The lowest BCUT2D eigenvalue weighted by molar-refractivity contribution is -0.112. The van der Waals surface area contributed by atoms with Gasteiger partial charge < -0.3 is 9.42 Å². The molecule has 1 aromatic carbocycles. The first-order chi connectivity index (χ1) is 10.2. The van der Waals surface area contributed by atoms with Gasteiger partial charge in [-0.3, -0.25) is 10.1 Å². The summed E-state index contributed by atoms with van der Waals surface area (Å²) in [6, 6.07) is 9.67. The molecule has 1 aliphatic heterocycles. The number of carbonyl (C=O) groups excluding carboxylic acids is 1. The van der Waals surface area contributed by atoms with Crippen molar-refractivity contribution in [1.82, 2.24) is 10.1 Å². The lowest BCUT2D eigenvalue weighted by atomic mass is 10.1. The number of aromatic nitrogens is 1. The SMILES string of the molecule is CN1C=CC(C(=O)Nc2oncc2-c2ccccc2)=CC1. The largest absolute Gasteiger partial charge is 0.377 e. The second-order valence-corrected chi connectivity index (χ2v) is 4.80. The average molecular weight is 281 g/mol. The quantitative estimate of drug-likeness (QED) is 0.939. The number of hydrogen-bond donors (Lipinski definition) is 1. The molecule has 21 heavy (non-hydrogen) atoms. The summed E-state index contributed by atoms with van der Waals surface area (Å²) in [5.41, 5.74) is 2.33. The standard InChI is InChI=1S/C16H15N3O2/c1-19-9-7-13(8-10-19)15(20)18-16-14(11-17-21-16)12-5-3-2-4-6-12/h2-9,11H,10H2,1H3,(H,18,20). The van der Waals surface area contributed by atoms with Crippen LogP contribution >= 0.6 is 0 Å². The number of anilines is 1. The molecule has 0 atom stereocenters. The Labute approximate surface area is 122 Å². The molecule has 1 aromatic heterocycles. The Bertz CT molecular complexity index is 701. The Balaban J connectivity index is 1.79. The maximum Gasteiger partial charge on any atom is 0.257 e. The highest BCUT2D eigenvalue weighted by Gasteiger charge is 2.16. The Morgan fingerprint density at radius 1 is 1.33 bits per heavy atom. The molecule has 1 amide bonds. The molecule has 0 aliphatic carbocycles. The second kappa shape index (κ2) is 5.66. The number of rotatable bonds is 3. The highest BCUT2D eigenvalue weighted by molar-refractivity contribution is 6.06. The van der Waals surface area contributed by atoms with Crippen LogP contribution in [-0.4, -0.2) is 29.6 Å². The number of nitrogens with one attached hydrogen (secondary N) is 1. The molecule has 2 aromatic rings. The van der Waals surface area contributed by atoms with Crippen molar-refractivity contribution in [2.75, 3.05) is 18.9 Å². The summed E-state index contributed by atoms with van der Waals surface area (Å²) in [5.74, 6) is 0.160. The van der Waals surface area contributed by atoms with Gasteiger partial charge >= 0.3 is 0 Å². The lowest BCUT2D eigenvalue weighted by Gasteiger charge is -2.16. The van der Waals surface area contributed by atoms with Crippen molar-refractivity contribution < 1.29 is 9.32 Å². The van der Waals surface area contributed by atoms with E-state index in [0.717, 1.165) is 11.1 Å². The molecule has 0 spiro atoms. The maximum atomic E-state index is 12.2. The highest BCUT2D eigenvalue weighted by atomic mass is 16.5. The van der Waals surface area contributed by atoms with Crippen LogP contribution in [0.15, 0.2) is 65.0 Å². The fraction of sp³-hybridized carbons (Fsp3) is 0.125. The van der Waals surface area contributed by atoms with Gasteiger partial charge in [0.2, 0.25) is 5.88 Å². The van der Waals surface area contributed by atoms with E-state index in [1.807, 2.05) is 54.6 Å². The number of amides is 1. The summed E-state index contributed by atoms with van der Waals surface area (Å²) in [6.45, 7) is 0.710. The zero-order valence-corrected chi connectivity index (χ0v) is 11.6. The van der Waals surface area contributed by atoms with Crippen molar-refractivity contribution in [3.8, 4) is 11.1 Å². The van der Waals surface area contributed by atoms with Gasteiger partial charge in [-0.05, 0) is 17.8 Å². The van der Waals surface area contributed by atoms with Crippen LogP contribution in [0.2, 0.25) is 0 Å². The van der Waals surface area contributed by atoms with E-state index >= 15 is 0 Å². The van der Waals surface area contributed by atoms with Crippen molar-refractivity contribution in [1.29, 1.82) is 0 Å². The summed E-state index contributed by atoms with van der Waals surface area (Å²) in [4.78, 5) is 14.2. The van der Waals surface area contributed by atoms with Gasteiger partial charge in [-0.1, -0.05) is 41.6 Å². The third kappa shape index (κ3) is 2.86. The van der Waals surface area contributed by atoms with E-state index in [2.05, 4.69) is 10.5 Å². The van der Waals surface area contributed by atoms with Gasteiger partial charge in [0, 0.05) is 19.2 Å². The van der Waals surface area contributed by atoms with Crippen molar-refractivity contribution in [2.24, 2.45) is 0 Å². The minimum Gasteiger partial charge on any atom is -0.377 e. The fourth-order valence-corrected chi connectivity index (χ4v) is 2.08. The molecule has 5 heteroatoms. The predicted octanol–water partition coefficient (Wildman–Crippen LogP) is 2.67. The normalized spacial score (nSPS) is 14.0. The number of carbonyl (C=O) groups is 1. The van der Waals surface area contributed by atoms with E-state index in [-0.39, 0.29) is 5.91 Å². The van der Waals surface area contributed by atoms with E-state index in [1.54, 1.807) is 12.3 Å². The van der Waals surface area contributed by atoms with Crippen LogP contribution in [0, 0.1) is 0 Å². The first kappa shape index (κ1) is 13.2. The van der Waals surface area contributed by atoms with Crippen LogP contribution in [0.5, 0.6) is 0 Å². The lowest BCUT2D eigenvalue weighted by Crippen LogP contribution is -2.20. The molecule has 0 saturated heterocycles. The fourth-order valence-electron chi connectivity index (χ4n) is 2.08. The second-order valence-electron chi connectivity index (χ2n) is 4.80. The summed E-state index contributed by atoms with van der Waals surface area (Å²) >= 11 is 0. The molecule has 106 valence electrons. The molecule has 0 bridgehead atoms. The minimum absolute atomic E-state index is 0.201. The Morgan fingerprint density at radius 3 is 2.86 bits per heavy atom. The van der Waals surface area contributed by atoms with Gasteiger partial charge in [0.05, 0.1) is 11.8 Å². The summed E-state index contributed by atoms with van der Waals surface area (Å²) in [5, 5.41) is 6.54. The number of benzene rings is 1. The number of nitrogens with zero attached hydrogens (tertiary/aromatic N) is 2. The zero-order valence-electron chi connectivity index (χ0n) is 11.6. The van der Waals surface area contributed by atoms with Crippen molar-refractivity contribution in [3.05, 3.63) is 60.5 Å². The Kier molecular flexibility index (Phi) is 3.55. The number of hydrogen-bond acceptors (Lipinski definition) is 4. The van der Waals surface area contributed by atoms with Crippen LogP contribution in [-0.2, 0) is 4.79 Å². The Hall–Kier alpha value is -2.82. The van der Waals surface area contributed by atoms with Crippen molar-refractivity contribution in [3.63, 3.8) is 0 Å². The van der Waals surface area contributed by atoms with E-state index < -0.39 is 0 Å². The van der Waals surface area contributed by atoms with Crippen LogP contribution in [0.4, 0.5) is 5.88 Å². The summed E-state index contributed by atoms with van der Waals surface area (Å²) < 4.78 is 5.16.